The Morgan fingerprint density at radius 2 is 1.90 bits per heavy atom. The average Bonchev–Trinajstić information content (AvgIpc) is 2.47. The Kier molecular flexibility index (Phi) is 4.94. The van der Waals surface area contributed by atoms with E-state index in [9.17, 15) is 9.59 Å². The molecule has 0 saturated heterocycles. The molecule has 1 fully saturated rings. The molecule has 20 heavy (non-hydrogen) atoms. The van der Waals surface area contributed by atoms with E-state index in [1.54, 1.807) is 13.0 Å². The maximum absolute atomic E-state index is 11.9. The second-order valence-corrected chi connectivity index (χ2v) is 5.63. The van der Waals surface area contributed by atoms with Gasteiger partial charge in [0, 0.05) is 5.56 Å². The van der Waals surface area contributed by atoms with Gasteiger partial charge in [-0.25, -0.2) is 4.79 Å². The van der Waals surface area contributed by atoms with Crippen LogP contribution in [0.4, 0.5) is 0 Å². The van der Waals surface area contributed by atoms with Crippen molar-refractivity contribution in [3.05, 3.63) is 35.4 Å². The zero-order valence-electron chi connectivity index (χ0n) is 12.2. The van der Waals surface area contributed by atoms with Crippen molar-refractivity contribution in [3.63, 3.8) is 0 Å². The molecule has 0 unspecified atom stereocenters. The fraction of sp³-hybridized carbons (Fsp3) is 0.529. The summed E-state index contributed by atoms with van der Waals surface area (Å²) < 4.78 is 4.77. The molecule has 1 aliphatic carbocycles. The van der Waals surface area contributed by atoms with E-state index in [-0.39, 0.29) is 6.61 Å². The Morgan fingerprint density at radius 1 is 1.20 bits per heavy atom. The van der Waals surface area contributed by atoms with E-state index in [4.69, 9.17) is 4.74 Å². The van der Waals surface area contributed by atoms with Gasteiger partial charge in [0.2, 0.25) is 0 Å². The van der Waals surface area contributed by atoms with Crippen LogP contribution in [0.2, 0.25) is 0 Å². The summed E-state index contributed by atoms with van der Waals surface area (Å²) in [4.78, 5) is 23.4. The zero-order chi connectivity index (χ0) is 14.5. The highest BCUT2D eigenvalue weighted by Crippen LogP contribution is 2.35. The number of rotatable bonds is 4. The van der Waals surface area contributed by atoms with Gasteiger partial charge in [-0.15, -0.1) is 0 Å². The highest BCUT2D eigenvalue weighted by molar-refractivity contribution is 6.40. The fourth-order valence-electron chi connectivity index (χ4n) is 2.84. The molecule has 1 aliphatic rings. The highest BCUT2D eigenvalue weighted by atomic mass is 16.5. The van der Waals surface area contributed by atoms with Crippen LogP contribution in [0.25, 0.3) is 0 Å². The maximum Gasteiger partial charge on any atom is 0.379 e. The van der Waals surface area contributed by atoms with Crippen molar-refractivity contribution in [2.24, 2.45) is 5.92 Å². The standard InChI is InChI=1S/C17H22O3/c1-3-20-17(19)16(18)15-6-4-5-14(11-15)13-9-7-12(2)8-10-13/h4-6,11-13H,3,7-10H2,1-2H3. The van der Waals surface area contributed by atoms with Crippen molar-refractivity contribution < 1.29 is 14.3 Å². The number of carbonyl (C=O) groups is 2. The molecule has 0 aliphatic heterocycles. The van der Waals surface area contributed by atoms with Gasteiger partial charge in [0.1, 0.15) is 0 Å². The van der Waals surface area contributed by atoms with E-state index in [1.807, 2.05) is 12.1 Å². The summed E-state index contributed by atoms with van der Waals surface area (Å²) in [6.45, 7) is 4.21. The molecule has 0 N–H and O–H groups in total. The predicted octanol–water partition coefficient (Wildman–Crippen LogP) is 3.73. The molecule has 0 aromatic heterocycles. The second-order valence-electron chi connectivity index (χ2n) is 5.63. The third-order valence-corrected chi connectivity index (χ3v) is 4.10. The lowest BCUT2D eigenvalue weighted by molar-refractivity contribution is -0.137. The van der Waals surface area contributed by atoms with Gasteiger partial charge in [-0.2, -0.15) is 0 Å². The van der Waals surface area contributed by atoms with Crippen LogP contribution in [-0.2, 0) is 9.53 Å². The van der Waals surface area contributed by atoms with Crippen LogP contribution in [0.1, 0.15) is 61.4 Å². The zero-order valence-corrected chi connectivity index (χ0v) is 12.2. The minimum Gasteiger partial charge on any atom is -0.460 e. The van der Waals surface area contributed by atoms with Gasteiger partial charge in [0.15, 0.2) is 0 Å². The molecular weight excluding hydrogens is 252 g/mol. The quantitative estimate of drug-likeness (QED) is 0.477. The van der Waals surface area contributed by atoms with Gasteiger partial charge in [-0.3, -0.25) is 4.79 Å². The fourth-order valence-corrected chi connectivity index (χ4v) is 2.84. The minimum absolute atomic E-state index is 0.227. The Balaban J connectivity index is 2.11. The van der Waals surface area contributed by atoms with Gasteiger partial charge in [-0.05, 0) is 43.2 Å². The van der Waals surface area contributed by atoms with Crippen LogP contribution >= 0.6 is 0 Å². The van der Waals surface area contributed by atoms with Gasteiger partial charge >= 0.3 is 5.97 Å². The molecule has 0 amide bonds. The van der Waals surface area contributed by atoms with Gasteiger partial charge in [0.05, 0.1) is 6.61 Å². The predicted molar refractivity (Wildman–Crippen MR) is 77.8 cm³/mol. The largest absolute Gasteiger partial charge is 0.460 e. The van der Waals surface area contributed by atoms with Crippen LogP contribution in [0.3, 0.4) is 0 Å². The van der Waals surface area contributed by atoms with Gasteiger partial charge < -0.3 is 4.74 Å². The van der Waals surface area contributed by atoms with E-state index in [0.29, 0.717) is 11.5 Å². The van der Waals surface area contributed by atoms with Crippen LogP contribution in [0.5, 0.6) is 0 Å². The monoisotopic (exact) mass is 274 g/mol. The Morgan fingerprint density at radius 3 is 2.55 bits per heavy atom. The van der Waals surface area contributed by atoms with Gasteiger partial charge in [0.25, 0.3) is 5.78 Å². The third kappa shape index (κ3) is 3.47. The van der Waals surface area contributed by atoms with Crippen molar-refractivity contribution in [1.29, 1.82) is 0 Å². The molecular formula is C17H22O3. The summed E-state index contributed by atoms with van der Waals surface area (Å²) in [5, 5.41) is 0. The lowest BCUT2D eigenvalue weighted by Gasteiger charge is -2.26. The topological polar surface area (TPSA) is 43.4 Å². The summed E-state index contributed by atoms with van der Waals surface area (Å²) in [5.41, 5.74) is 1.62. The molecule has 0 heterocycles. The number of hydrogen-bond donors (Lipinski definition) is 0. The van der Waals surface area contributed by atoms with E-state index in [2.05, 4.69) is 13.0 Å². The van der Waals surface area contributed by atoms with E-state index in [0.717, 1.165) is 18.8 Å². The molecule has 1 saturated carbocycles. The summed E-state index contributed by atoms with van der Waals surface area (Å²) >= 11 is 0. The summed E-state index contributed by atoms with van der Waals surface area (Å²) in [7, 11) is 0. The number of hydrogen-bond acceptors (Lipinski definition) is 3. The molecule has 0 bridgehead atoms. The number of Topliss-reactive ketones (excluding diaryl/α,β-unsaturated/α-hetero) is 1. The third-order valence-electron chi connectivity index (χ3n) is 4.10. The van der Waals surface area contributed by atoms with Crippen LogP contribution in [0.15, 0.2) is 24.3 Å². The second kappa shape index (κ2) is 6.69. The first-order valence-electron chi connectivity index (χ1n) is 7.43. The lowest BCUT2D eigenvalue weighted by atomic mass is 9.79. The van der Waals surface area contributed by atoms with E-state index < -0.39 is 11.8 Å². The first-order chi connectivity index (χ1) is 9.61. The molecule has 3 heteroatoms. The molecule has 0 atom stereocenters. The molecule has 3 nitrogen and oxygen atoms in total. The molecule has 0 radical (unpaired) electrons. The van der Waals surface area contributed by atoms with Crippen molar-refractivity contribution in [3.8, 4) is 0 Å². The van der Waals surface area contributed by atoms with Crippen molar-refractivity contribution in [2.45, 2.75) is 45.4 Å². The molecule has 1 aromatic rings. The Bertz CT molecular complexity index is 485. The van der Waals surface area contributed by atoms with Crippen LogP contribution in [-0.4, -0.2) is 18.4 Å². The van der Waals surface area contributed by atoms with E-state index in [1.165, 1.54) is 18.4 Å². The highest BCUT2D eigenvalue weighted by Gasteiger charge is 2.22. The van der Waals surface area contributed by atoms with Crippen molar-refractivity contribution in [2.75, 3.05) is 6.61 Å². The number of benzene rings is 1. The Hall–Kier alpha value is -1.64. The smallest absolute Gasteiger partial charge is 0.379 e. The number of carbonyl (C=O) groups excluding carboxylic acids is 2. The maximum atomic E-state index is 11.9. The van der Waals surface area contributed by atoms with Crippen LogP contribution < -0.4 is 0 Å². The number of esters is 1. The minimum atomic E-state index is -0.762. The molecule has 1 aromatic carbocycles. The summed E-state index contributed by atoms with van der Waals surface area (Å²) in [6.07, 6.45) is 4.80. The first-order valence-corrected chi connectivity index (χ1v) is 7.43. The van der Waals surface area contributed by atoms with Gasteiger partial charge in [-0.1, -0.05) is 38.0 Å². The lowest BCUT2D eigenvalue weighted by Crippen LogP contribution is -2.18. The summed E-state index contributed by atoms with van der Waals surface area (Å²) in [6, 6.07) is 7.47. The normalized spacial score (nSPS) is 22.3. The van der Waals surface area contributed by atoms with Crippen LogP contribution in [0, 0.1) is 5.92 Å². The Labute approximate surface area is 120 Å². The molecule has 2 rings (SSSR count). The molecule has 108 valence electrons. The number of ether oxygens (including phenoxy) is 1. The first kappa shape index (κ1) is 14.8. The van der Waals surface area contributed by atoms with Crippen molar-refractivity contribution in [1.82, 2.24) is 0 Å². The van der Waals surface area contributed by atoms with E-state index >= 15 is 0 Å². The summed E-state index contributed by atoms with van der Waals surface area (Å²) in [5.74, 6) is 0.0107. The molecule has 0 spiro atoms. The number of ketones is 1. The SMILES string of the molecule is CCOC(=O)C(=O)c1cccc(C2CCC(C)CC2)c1. The van der Waals surface area contributed by atoms with Crippen molar-refractivity contribution >= 4 is 11.8 Å². The average molecular weight is 274 g/mol.